The average molecular weight is 1130 g/mol. The molecule has 7 rings (SSSR count). The number of hydrogen-bond acceptors (Lipinski definition) is 2. The molecule has 0 spiro atoms. The number of carbonyl (C=O) groups excluding carboxylic acids is 1. The molecule has 0 aliphatic rings. The molecule has 0 saturated heterocycles. The molecular weight excluding hydrogens is 1100 g/mol. The number of para-hydroxylation sites is 1. The fraction of sp³-hybridized carbons (Fsp3) is 0.184. The number of ketones is 1. The highest BCUT2D eigenvalue weighted by Crippen LogP contribution is 2.41. The van der Waals surface area contributed by atoms with Crippen LogP contribution in [0.25, 0.3) is 10.9 Å². The van der Waals surface area contributed by atoms with Crippen LogP contribution in [0.15, 0.2) is 140 Å². The van der Waals surface area contributed by atoms with Crippen LogP contribution < -0.4 is 26.4 Å². The fourth-order valence-corrected chi connectivity index (χ4v) is 8.35. The van der Waals surface area contributed by atoms with E-state index in [9.17, 15) is 115 Å². The van der Waals surface area contributed by atoms with Gasteiger partial charge in [0.15, 0.2) is 6.20 Å². The zero-order chi connectivity index (χ0) is 57.9. The quantitative estimate of drug-likeness (QED) is 0.0748. The van der Waals surface area contributed by atoms with Crippen LogP contribution in [-0.4, -0.2) is 17.0 Å². The molecule has 28 heteroatoms. The van der Waals surface area contributed by atoms with Gasteiger partial charge < -0.3 is 5.11 Å². The standard InChI is InChI=1S/C32H12BF24.C17H13NO2/c34-25(35,36)13-1-14(26(37,38)39)6-21(5-13)33(22-7-15(27(40,41)42)2-16(8-22)28(43,44)45,23-9-17(29(46,47)48)3-18(10-23)30(49,50)51)24-11-19(31(52,53)54)4-20(12-24)32(55,56)57;19-16-10-11-18(15-9-5-4-8-14(15)16)12-17(20)13-6-2-1-3-7-13/h1-12H;1-11H,12H2/q-1;/p+1. The summed E-state index contributed by atoms with van der Waals surface area (Å²) < 4.78 is 343. The first-order valence-electron chi connectivity index (χ1n) is 21.1. The number of rotatable bonds is 7. The van der Waals surface area contributed by atoms with Crippen molar-refractivity contribution in [2.75, 3.05) is 0 Å². The molecule has 0 bridgehead atoms. The number of aromatic nitrogens is 1. The minimum Gasteiger partial charge on any atom is -0.507 e. The van der Waals surface area contributed by atoms with Gasteiger partial charge in [0, 0.05) is 17.7 Å². The monoisotopic (exact) mass is 1130 g/mol. The van der Waals surface area contributed by atoms with E-state index in [1.165, 1.54) is 0 Å². The summed E-state index contributed by atoms with van der Waals surface area (Å²) in [6, 6.07) is 9.52. The summed E-state index contributed by atoms with van der Waals surface area (Å²) in [5, 5.41) is 10.6. The second kappa shape index (κ2) is 20.2. The summed E-state index contributed by atoms with van der Waals surface area (Å²) in [7, 11) is 0. The van der Waals surface area contributed by atoms with Gasteiger partial charge in [0.25, 0.3) is 0 Å². The van der Waals surface area contributed by atoms with Crippen LogP contribution in [0.3, 0.4) is 0 Å². The third-order valence-electron chi connectivity index (χ3n) is 11.8. The Hall–Kier alpha value is -7.42. The van der Waals surface area contributed by atoms with E-state index < -0.39 is 195 Å². The molecule has 0 amide bonds. The van der Waals surface area contributed by atoms with E-state index in [1.807, 2.05) is 59.2 Å². The number of hydrogen-bond donors (Lipinski definition) is 1. The number of nitrogens with zero attached hydrogens (tertiary/aromatic N) is 1. The number of fused-ring (bicyclic) bond motifs is 1. The maximum atomic E-state index is 14.2. The molecule has 1 aromatic heterocycles. The first kappa shape index (κ1) is 58.8. The molecule has 1 N–H and O–H groups in total. The molecule has 0 aliphatic heterocycles. The van der Waals surface area contributed by atoms with E-state index in [4.69, 9.17) is 0 Å². The average Bonchev–Trinajstić information content (AvgIpc) is 3.31. The largest absolute Gasteiger partial charge is 0.507 e. The van der Waals surface area contributed by atoms with Gasteiger partial charge in [0.05, 0.1) is 49.9 Å². The number of pyridine rings is 1. The lowest BCUT2D eigenvalue weighted by Crippen LogP contribution is -2.75. The van der Waals surface area contributed by atoms with Gasteiger partial charge >= 0.3 is 49.4 Å². The fourth-order valence-electron chi connectivity index (χ4n) is 8.35. The maximum Gasteiger partial charge on any atom is 0.416 e. The Balaban J connectivity index is 0.000000397. The van der Waals surface area contributed by atoms with Gasteiger partial charge in [-0.3, -0.25) is 4.79 Å². The first-order chi connectivity index (χ1) is 35.0. The summed E-state index contributed by atoms with van der Waals surface area (Å²) in [6.45, 7) is 0.255. The van der Waals surface area contributed by atoms with E-state index in [0.717, 1.165) is 10.9 Å². The van der Waals surface area contributed by atoms with Crippen molar-refractivity contribution in [3.8, 4) is 5.75 Å². The number of Topliss-reactive ketones (excluding diaryl/α,β-unsaturated/α-hetero) is 1. The second-order valence-electron chi connectivity index (χ2n) is 16.9. The lowest BCUT2D eigenvalue weighted by molar-refractivity contribution is -0.657. The zero-order valence-corrected chi connectivity index (χ0v) is 37.4. The highest BCUT2D eigenvalue weighted by atomic mass is 19.4. The van der Waals surface area contributed by atoms with E-state index in [-0.39, 0.29) is 18.1 Å². The van der Waals surface area contributed by atoms with Gasteiger partial charge in [-0.05, 0) is 30.3 Å². The smallest absolute Gasteiger partial charge is 0.416 e. The van der Waals surface area contributed by atoms with Crippen molar-refractivity contribution in [2.45, 2.75) is 56.0 Å². The topological polar surface area (TPSA) is 41.2 Å². The lowest BCUT2D eigenvalue weighted by atomic mass is 9.12. The highest BCUT2D eigenvalue weighted by Gasteiger charge is 2.47. The van der Waals surface area contributed by atoms with Gasteiger partial charge in [0.1, 0.15) is 11.9 Å². The van der Waals surface area contributed by atoms with Gasteiger partial charge in [-0.1, -0.05) is 91.0 Å². The molecule has 6 aromatic carbocycles. The number of halogens is 24. The summed E-state index contributed by atoms with van der Waals surface area (Å²) in [6.07, 6.45) is -53.1. The van der Waals surface area contributed by atoms with Crippen LogP contribution in [0.5, 0.6) is 5.75 Å². The Kier molecular flexibility index (Phi) is 15.4. The third kappa shape index (κ3) is 13.1. The normalized spacial score (nSPS) is 13.4. The molecule has 7 aromatic rings. The Labute approximate surface area is 415 Å². The number of alkyl halides is 24. The van der Waals surface area contributed by atoms with Crippen molar-refractivity contribution in [1.82, 2.24) is 0 Å². The van der Waals surface area contributed by atoms with E-state index in [1.54, 1.807) is 12.3 Å². The molecule has 0 atom stereocenters. The van der Waals surface area contributed by atoms with Gasteiger partial charge in [-0.25, -0.2) is 0 Å². The van der Waals surface area contributed by atoms with Crippen LogP contribution >= 0.6 is 0 Å². The van der Waals surface area contributed by atoms with Gasteiger partial charge in [-0.2, -0.15) is 132 Å². The van der Waals surface area contributed by atoms with Gasteiger partial charge in [0.2, 0.25) is 17.8 Å². The molecule has 0 aliphatic carbocycles. The van der Waals surface area contributed by atoms with Gasteiger partial charge in [-0.15, -0.1) is 0 Å². The molecule has 0 fully saturated rings. The third-order valence-corrected chi connectivity index (χ3v) is 11.8. The van der Waals surface area contributed by atoms with Crippen molar-refractivity contribution in [2.24, 2.45) is 0 Å². The first-order valence-corrected chi connectivity index (χ1v) is 21.1. The minimum atomic E-state index is -6.13. The van der Waals surface area contributed by atoms with Crippen LogP contribution in [0.1, 0.15) is 54.9 Å². The molecule has 3 nitrogen and oxygen atoms in total. The summed E-state index contributed by atoms with van der Waals surface area (Å²) >= 11 is 0. The summed E-state index contributed by atoms with van der Waals surface area (Å²) in [5.41, 5.74) is -28.7. The lowest BCUT2D eigenvalue weighted by Gasteiger charge is -2.46. The molecule has 0 saturated carbocycles. The van der Waals surface area contributed by atoms with Crippen LogP contribution in [0.2, 0.25) is 0 Å². The Morgan fingerprint density at radius 2 is 0.623 bits per heavy atom. The number of aromatic hydroxyl groups is 1. The summed E-state index contributed by atoms with van der Waals surface area (Å²) in [4.78, 5) is 12.3. The molecular formula is C49H26BF24NO2. The van der Waals surface area contributed by atoms with Crippen LogP contribution in [0.4, 0.5) is 105 Å². The zero-order valence-electron chi connectivity index (χ0n) is 37.4. The Bertz CT molecular complexity index is 2870. The maximum absolute atomic E-state index is 14.2. The Morgan fingerprint density at radius 3 is 0.896 bits per heavy atom. The minimum absolute atomic E-state index is 0.0476. The second-order valence-corrected chi connectivity index (χ2v) is 16.9. The predicted molar refractivity (Wildman–Crippen MR) is 227 cm³/mol. The van der Waals surface area contributed by atoms with Crippen LogP contribution in [-0.2, 0) is 56.0 Å². The van der Waals surface area contributed by atoms with Crippen molar-refractivity contribution in [1.29, 1.82) is 0 Å². The highest BCUT2D eigenvalue weighted by molar-refractivity contribution is 7.20. The van der Waals surface area contributed by atoms with E-state index in [2.05, 4.69) is 0 Å². The number of benzene rings is 6. The Morgan fingerprint density at radius 1 is 0.364 bits per heavy atom. The van der Waals surface area contributed by atoms with Crippen molar-refractivity contribution in [3.63, 3.8) is 0 Å². The summed E-state index contributed by atoms with van der Waals surface area (Å²) in [5.74, 6) is 0.274. The van der Waals surface area contributed by atoms with Crippen molar-refractivity contribution in [3.05, 3.63) is 190 Å². The molecule has 1 heterocycles. The molecule has 0 radical (unpaired) electrons. The van der Waals surface area contributed by atoms with E-state index >= 15 is 0 Å². The number of carbonyl (C=O) groups is 1. The predicted octanol–water partition coefficient (Wildman–Crippen LogP) is 13.9. The van der Waals surface area contributed by atoms with E-state index in [0.29, 0.717) is 5.56 Å². The molecule has 0 unspecified atom stereocenters. The SMILES string of the molecule is FC(F)(F)c1cc([B-](c2cc(C(F)(F)F)cc(C(F)(F)F)c2)(c2cc(C(F)(F)F)cc(C(F)(F)F)c2)c2cc(C(F)(F)F)cc(C(F)(F)F)c2)cc(C(F)(F)F)c1.O=C(C[n+]1ccc(O)c2ccccc21)c1ccccc1. The molecule has 77 heavy (non-hydrogen) atoms. The van der Waals surface area contributed by atoms with Crippen molar-refractivity contribution >= 4 is 44.7 Å². The van der Waals surface area contributed by atoms with Crippen LogP contribution in [0, 0.1) is 0 Å². The van der Waals surface area contributed by atoms with Crippen molar-refractivity contribution < 1.29 is 120 Å². The molecule has 410 valence electrons.